The van der Waals surface area contributed by atoms with Gasteiger partial charge in [-0.3, -0.25) is 9.10 Å². The van der Waals surface area contributed by atoms with Crippen molar-refractivity contribution in [3.63, 3.8) is 0 Å². The summed E-state index contributed by atoms with van der Waals surface area (Å²) in [6, 6.07) is 16.5. The van der Waals surface area contributed by atoms with E-state index in [2.05, 4.69) is 5.32 Å². The van der Waals surface area contributed by atoms with Crippen LogP contribution >= 0.6 is 23.2 Å². The SMILES string of the molecule is CS(=O)(=O)N(Cc1ccc(F)cc1)c1ccc(C(=O)Nc2c(Cl)cccc2Cl)cc1. The lowest BCUT2D eigenvalue weighted by Gasteiger charge is -2.22. The van der Waals surface area contributed by atoms with Crippen LogP contribution in [0.25, 0.3) is 0 Å². The molecular weight excluding hydrogens is 450 g/mol. The van der Waals surface area contributed by atoms with Crippen LogP contribution in [0.1, 0.15) is 15.9 Å². The van der Waals surface area contributed by atoms with Crippen LogP contribution in [0.2, 0.25) is 10.0 Å². The molecule has 1 amide bonds. The molecule has 0 bridgehead atoms. The molecule has 30 heavy (non-hydrogen) atoms. The largest absolute Gasteiger partial charge is 0.319 e. The van der Waals surface area contributed by atoms with Crippen LogP contribution in [0.4, 0.5) is 15.8 Å². The Hall–Kier alpha value is -2.61. The molecule has 3 aromatic rings. The van der Waals surface area contributed by atoms with Crippen LogP contribution in [-0.4, -0.2) is 20.6 Å². The zero-order valence-electron chi connectivity index (χ0n) is 15.8. The van der Waals surface area contributed by atoms with Gasteiger partial charge in [0.05, 0.1) is 34.2 Å². The predicted molar refractivity (Wildman–Crippen MR) is 118 cm³/mol. The first-order valence-corrected chi connectivity index (χ1v) is 11.3. The Bertz CT molecular complexity index is 1150. The summed E-state index contributed by atoms with van der Waals surface area (Å²) < 4.78 is 38.9. The summed E-state index contributed by atoms with van der Waals surface area (Å²) in [7, 11) is -3.62. The summed E-state index contributed by atoms with van der Waals surface area (Å²) in [4.78, 5) is 12.5. The minimum absolute atomic E-state index is 0.0277. The minimum atomic E-state index is -3.62. The highest BCUT2D eigenvalue weighted by Crippen LogP contribution is 2.30. The summed E-state index contributed by atoms with van der Waals surface area (Å²) in [5.74, 6) is -0.848. The van der Waals surface area contributed by atoms with Crippen molar-refractivity contribution >= 4 is 50.5 Å². The van der Waals surface area contributed by atoms with Crippen molar-refractivity contribution in [2.45, 2.75) is 6.54 Å². The van der Waals surface area contributed by atoms with Gasteiger partial charge in [0.1, 0.15) is 5.82 Å². The number of rotatable bonds is 6. The molecule has 0 saturated carbocycles. The maximum Gasteiger partial charge on any atom is 0.255 e. The third kappa shape index (κ3) is 5.30. The van der Waals surface area contributed by atoms with Crippen LogP contribution in [-0.2, 0) is 16.6 Å². The summed E-state index contributed by atoms with van der Waals surface area (Å²) in [5, 5.41) is 3.25. The van der Waals surface area contributed by atoms with E-state index in [1.165, 1.54) is 52.8 Å². The number of nitrogens with zero attached hydrogens (tertiary/aromatic N) is 1. The van der Waals surface area contributed by atoms with Crippen molar-refractivity contribution < 1.29 is 17.6 Å². The number of hydrogen-bond acceptors (Lipinski definition) is 3. The molecule has 0 unspecified atom stereocenters. The van der Waals surface area contributed by atoms with Crippen molar-refractivity contribution in [1.29, 1.82) is 0 Å². The monoisotopic (exact) mass is 466 g/mol. The van der Waals surface area contributed by atoms with Crippen LogP contribution in [0.5, 0.6) is 0 Å². The summed E-state index contributed by atoms with van der Waals surface area (Å²) in [5.41, 5.74) is 1.58. The van der Waals surface area contributed by atoms with E-state index in [4.69, 9.17) is 23.2 Å². The molecule has 9 heteroatoms. The number of benzene rings is 3. The molecule has 3 rings (SSSR count). The number of amides is 1. The number of anilines is 2. The lowest BCUT2D eigenvalue weighted by atomic mass is 10.1. The highest BCUT2D eigenvalue weighted by molar-refractivity contribution is 7.92. The summed E-state index contributed by atoms with van der Waals surface area (Å²) >= 11 is 12.1. The molecule has 0 radical (unpaired) electrons. The average Bonchev–Trinajstić information content (AvgIpc) is 2.69. The fraction of sp³-hybridized carbons (Fsp3) is 0.0952. The second-order valence-electron chi connectivity index (χ2n) is 6.49. The molecule has 1 N–H and O–H groups in total. The van der Waals surface area contributed by atoms with E-state index >= 15 is 0 Å². The Balaban J connectivity index is 1.82. The maximum atomic E-state index is 13.1. The third-order valence-electron chi connectivity index (χ3n) is 4.26. The van der Waals surface area contributed by atoms with E-state index in [0.29, 0.717) is 32.5 Å². The molecule has 0 saturated heterocycles. The van der Waals surface area contributed by atoms with Crippen molar-refractivity contribution in [3.8, 4) is 0 Å². The Labute approximate surface area is 184 Å². The predicted octanol–water partition coefficient (Wildman–Crippen LogP) is 5.35. The highest BCUT2D eigenvalue weighted by Gasteiger charge is 2.19. The molecule has 0 aliphatic carbocycles. The first-order valence-electron chi connectivity index (χ1n) is 8.73. The summed E-state index contributed by atoms with van der Waals surface area (Å²) in [6.45, 7) is 0.0277. The van der Waals surface area contributed by atoms with Gasteiger partial charge in [-0.15, -0.1) is 0 Å². The number of sulfonamides is 1. The van der Waals surface area contributed by atoms with Gasteiger partial charge in [-0.2, -0.15) is 0 Å². The number of halogens is 3. The van der Waals surface area contributed by atoms with Gasteiger partial charge in [-0.1, -0.05) is 41.4 Å². The average molecular weight is 467 g/mol. The number of carbonyl (C=O) groups is 1. The minimum Gasteiger partial charge on any atom is -0.319 e. The van der Waals surface area contributed by atoms with E-state index < -0.39 is 21.7 Å². The second-order valence-corrected chi connectivity index (χ2v) is 9.21. The van der Waals surface area contributed by atoms with Gasteiger partial charge in [0, 0.05) is 5.56 Å². The van der Waals surface area contributed by atoms with E-state index in [9.17, 15) is 17.6 Å². The summed E-state index contributed by atoms with van der Waals surface area (Å²) in [6.07, 6.45) is 1.08. The first-order chi connectivity index (χ1) is 14.1. The van der Waals surface area contributed by atoms with Crippen LogP contribution in [0, 0.1) is 5.82 Å². The molecule has 156 valence electrons. The topological polar surface area (TPSA) is 66.5 Å². The van der Waals surface area contributed by atoms with Crippen molar-refractivity contribution in [2.75, 3.05) is 15.9 Å². The Morgan fingerprint density at radius 2 is 1.53 bits per heavy atom. The normalized spacial score (nSPS) is 11.2. The van der Waals surface area contributed by atoms with E-state index in [1.807, 2.05) is 0 Å². The fourth-order valence-corrected chi connectivity index (χ4v) is 4.12. The van der Waals surface area contributed by atoms with Gasteiger partial charge in [-0.05, 0) is 54.1 Å². The van der Waals surface area contributed by atoms with E-state index in [0.717, 1.165) is 6.26 Å². The lowest BCUT2D eigenvalue weighted by Crippen LogP contribution is -2.29. The Kier molecular flexibility index (Phi) is 6.65. The van der Waals surface area contributed by atoms with Gasteiger partial charge in [0.25, 0.3) is 5.91 Å². The van der Waals surface area contributed by atoms with E-state index in [1.54, 1.807) is 18.2 Å². The number of carbonyl (C=O) groups excluding carboxylic acids is 1. The van der Waals surface area contributed by atoms with Gasteiger partial charge >= 0.3 is 0 Å². The van der Waals surface area contributed by atoms with E-state index in [-0.39, 0.29) is 6.54 Å². The molecule has 0 aromatic heterocycles. The molecule has 5 nitrogen and oxygen atoms in total. The molecule has 0 fully saturated rings. The third-order valence-corrected chi connectivity index (χ3v) is 6.03. The first kappa shape index (κ1) is 22.1. The van der Waals surface area contributed by atoms with Crippen LogP contribution < -0.4 is 9.62 Å². The van der Waals surface area contributed by atoms with Gasteiger partial charge in [0.15, 0.2) is 0 Å². The van der Waals surface area contributed by atoms with Crippen LogP contribution in [0.3, 0.4) is 0 Å². The highest BCUT2D eigenvalue weighted by atomic mass is 35.5. The van der Waals surface area contributed by atoms with Gasteiger partial charge in [-0.25, -0.2) is 12.8 Å². The molecular formula is C21H17Cl2FN2O3S. The molecule has 0 spiro atoms. The van der Waals surface area contributed by atoms with Gasteiger partial charge < -0.3 is 5.32 Å². The molecule has 3 aromatic carbocycles. The second kappa shape index (κ2) is 9.04. The number of nitrogens with one attached hydrogen (secondary N) is 1. The lowest BCUT2D eigenvalue weighted by molar-refractivity contribution is 0.102. The Morgan fingerprint density at radius 1 is 0.967 bits per heavy atom. The van der Waals surface area contributed by atoms with Crippen molar-refractivity contribution in [2.24, 2.45) is 0 Å². The zero-order chi connectivity index (χ0) is 21.9. The Morgan fingerprint density at radius 3 is 2.07 bits per heavy atom. The van der Waals surface area contributed by atoms with Crippen molar-refractivity contribution in [3.05, 3.63) is 93.7 Å². The smallest absolute Gasteiger partial charge is 0.255 e. The molecule has 0 heterocycles. The molecule has 0 atom stereocenters. The maximum absolute atomic E-state index is 13.1. The zero-order valence-corrected chi connectivity index (χ0v) is 18.1. The number of para-hydroxylation sites is 1. The fourth-order valence-electron chi connectivity index (χ4n) is 2.74. The number of hydrogen-bond donors (Lipinski definition) is 1. The van der Waals surface area contributed by atoms with Crippen molar-refractivity contribution in [1.82, 2.24) is 0 Å². The molecule has 0 aliphatic heterocycles. The standard InChI is InChI=1S/C21H17Cl2FN2O3S/c1-30(28,29)26(13-14-5-9-16(24)10-6-14)17-11-7-15(8-12-17)21(27)25-20-18(22)3-2-4-19(20)23/h2-12H,13H2,1H3,(H,25,27). The van der Waals surface area contributed by atoms with Gasteiger partial charge in [0.2, 0.25) is 10.0 Å². The van der Waals surface area contributed by atoms with Crippen LogP contribution in [0.15, 0.2) is 66.7 Å². The quantitative estimate of drug-likeness (QED) is 0.532. The molecule has 0 aliphatic rings.